The molecule has 0 bridgehead atoms. The Hall–Kier alpha value is -2.14. The van der Waals surface area contributed by atoms with E-state index in [-0.39, 0.29) is 12.3 Å². The first-order chi connectivity index (χ1) is 8.50. The molecule has 2 aromatic rings. The van der Waals surface area contributed by atoms with Crippen molar-refractivity contribution >= 4 is 22.7 Å². The van der Waals surface area contributed by atoms with Gasteiger partial charge in [-0.15, -0.1) is 0 Å². The van der Waals surface area contributed by atoms with E-state index < -0.39 is 11.9 Å². The minimum Gasteiger partial charge on any atom is -0.370 e. The number of primary amides is 1. The van der Waals surface area contributed by atoms with Gasteiger partial charge in [0.25, 0.3) is 0 Å². The summed E-state index contributed by atoms with van der Waals surface area (Å²) in [6.07, 6.45) is 1.74. The maximum atomic E-state index is 11.5. The summed E-state index contributed by atoms with van der Waals surface area (Å²) in [4.78, 5) is 22.5. The molecule has 0 saturated heterocycles. The molecule has 0 fully saturated rings. The molecule has 1 aromatic heterocycles. The highest BCUT2D eigenvalue weighted by Crippen LogP contribution is 2.26. The highest BCUT2D eigenvalue weighted by atomic mass is 16.2. The molecule has 4 N–H and O–H groups in total. The molecular weight excluding hydrogens is 230 g/mol. The number of benzene rings is 1. The predicted octanol–water partition coefficient (Wildman–Crippen LogP) is 1.18. The van der Waals surface area contributed by atoms with Crippen molar-refractivity contribution in [2.75, 3.05) is 0 Å². The molecule has 0 aliphatic heterocycles. The van der Waals surface area contributed by atoms with E-state index in [1.807, 2.05) is 24.3 Å². The molecule has 1 heterocycles. The zero-order chi connectivity index (χ0) is 13.3. The first-order valence-electron chi connectivity index (χ1n) is 5.65. The van der Waals surface area contributed by atoms with Crippen LogP contribution in [0.2, 0.25) is 0 Å². The number of nitrogens with zero attached hydrogens (tertiary/aromatic N) is 1. The Bertz CT molecular complexity index is 616. The highest BCUT2D eigenvalue weighted by molar-refractivity contribution is 5.94. The van der Waals surface area contributed by atoms with Crippen molar-refractivity contribution in [2.45, 2.75) is 19.4 Å². The van der Waals surface area contributed by atoms with Gasteiger partial charge in [0.05, 0.1) is 5.52 Å². The van der Waals surface area contributed by atoms with Gasteiger partial charge in [0, 0.05) is 31.0 Å². The predicted molar refractivity (Wildman–Crippen MR) is 69.0 cm³/mol. The number of para-hydroxylation sites is 1. The third-order valence-corrected chi connectivity index (χ3v) is 2.90. The van der Waals surface area contributed by atoms with E-state index in [9.17, 15) is 9.59 Å². The molecule has 1 aromatic carbocycles. The summed E-state index contributed by atoms with van der Waals surface area (Å²) >= 11 is 0. The van der Waals surface area contributed by atoms with Crippen LogP contribution in [0.5, 0.6) is 0 Å². The number of carbonyl (C=O) groups is 2. The molecule has 5 heteroatoms. The number of amides is 1. The first kappa shape index (κ1) is 12.3. The van der Waals surface area contributed by atoms with Crippen molar-refractivity contribution in [1.29, 1.82) is 0 Å². The Balaban J connectivity index is 2.57. The lowest BCUT2D eigenvalue weighted by Gasteiger charge is -2.07. The lowest BCUT2D eigenvalue weighted by atomic mass is 10.0. The number of carbonyl (C=O) groups excluding carboxylic acids is 2. The van der Waals surface area contributed by atoms with Gasteiger partial charge in [0.1, 0.15) is 0 Å². The zero-order valence-corrected chi connectivity index (χ0v) is 10.1. The van der Waals surface area contributed by atoms with E-state index in [1.165, 1.54) is 11.5 Å². The first-order valence-corrected chi connectivity index (χ1v) is 5.65. The second-order valence-corrected chi connectivity index (χ2v) is 4.27. The van der Waals surface area contributed by atoms with Crippen LogP contribution in [0.4, 0.5) is 0 Å². The van der Waals surface area contributed by atoms with E-state index >= 15 is 0 Å². The normalized spacial score (nSPS) is 12.6. The van der Waals surface area contributed by atoms with Crippen molar-refractivity contribution in [3.8, 4) is 0 Å². The largest absolute Gasteiger partial charge is 0.370 e. The summed E-state index contributed by atoms with van der Waals surface area (Å²) in [6, 6.07) is 6.95. The summed E-state index contributed by atoms with van der Waals surface area (Å²) in [5, 5.41) is 0.876. The highest BCUT2D eigenvalue weighted by Gasteiger charge is 2.17. The van der Waals surface area contributed by atoms with Crippen LogP contribution < -0.4 is 11.5 Å². The van der Waals surface area contributed by atoms with Crippen LogP contribution in [0.15, 0.2) is 30.5 Å². The summed E-state index contributed by atoms with van der Waals surface area (Å²) in [6.45, 7) is 1.48. The lowest BCUT2D eigenvalue weighted by Crippen LogP contribution is -2.20. The maximum absolute atomic E-state index is 11.5. The molecule has 1 amide bonds. The number of aromatic nitrogens is 1. The minimum atomic E-state index is -0.493. The molecule has 0 radical (unpaired) electrons. The Morgan fingerprint density at radius 1 is 1.33 bits per heavy atom. The molecular formula is C13H15N3O2. The molecule has 0 spiro atoms. The quantitative estimate of drug-likeness (QED) is 0.850. The van der Waals surface area contributed by atoms with Crippen LogP contribution in [0.25, 0.3) is 10.9 Å². The SMILES string of the molecule is CC(=O)n1cc(C(N)CC(N)=O)c2ccccc21. The molecule has 1 atom stereocenters. The van der Waals surface area contributed by atoms with Gasteiger partial charge >= 0.3 is 0 Å². The maximum Gasteiger partial charge on any atom is 0.227 e. The average molecular weight is 245 g/mol. The third-order valence-electron chi connectivity index (χ3n) is 2.90. The smallest absolute Gasteiger partial charge is 0.227 e. The Morgan fingerprint density at radius 2 is 2.00 bits per heavy atom. The topological polar surface area (TPSA) is 91.1 Å². The Morgan fingerprint density at radius 3 is 2.61 bits per heavy atom. The van der Waals surface area contributed by atoms with Crippen molar-refractivity contribution < 1.29 is 9.59 Å². The standard InChI is InChI=1S/C13H15N3O2/c1-8(17)16-7-10(11(14)6-13(15)18)9-4-2-3-5-12(9)16/h2-5,7,11H,6,14H2,1H3,(H2,15,18). The summed E-state index contributed by atoms with van der Waals surface area (Å²) < 4.78 is 1.53. The number of nitrogens with two attached hydrogens (primary N) is 2. The van der Waals surface area contributed by atoms with Crippen LogP contribution >= 0.6 is 0 Å². The monoisotopic (exact) mass is 245 g/mol. The van der Waals surface area contributed by atoms with Gasteiger partial charge in [0.2, 0.25) is 11.8 Å². The second-order valence-electron chi connectivity index (χ2n) is 4.27. The van der Waals surface area contributed by atoms with E-state index in [1.54, 1.807) is 6.20 Å². The fourth-order valence-electron chi connectivity index (χ4n) is 2.09. The molecule has 0 saturated carbocycles. The zero-order valence-electron chi connectivity index (χ0n) is 10.1. The number of hydrogen-bond donors (Lipinski definition) is 2. The van der Waals surface area contributed by atoms with Gasteiger partial charge in [-0.25, -0.2) is 0 Å². The van der Waals surface area contributed by atoms with E-state index in [0.29, 0.717) is 0 Å². The number of hydrogen-bond acceptors (Lipinski definition) is 3. The summed E-state index contributed by atoms with van der Waals surface area (Å²) in [5.41, 5.74) is 12.7. The third kappa shape index (κ3) is 2.12. The van der Waals surface area contributed by atoms with Gasteiger partial charge in [-0.2, -0.15) is 0 Å². The van der Waals surface area contributed by atoms with Crippen LogP contribution in [0, 0.1) is 0 Å². The van der Waals surface area contributed by atoms with Gasteiger partial charge < -0.3 is 11.5 Å². The van der Waals surface area contributed by atoms with Crippen molar-refractivity contribution in [2.24, 2.45) is 11.5 Å². The molecule has 2 rings (SSSR count). The Labute approximate surface area is 104 Å². The molecule has 1 unspecified atom stereocenters. The average Bonchev–Trinajstić information content (AvgIpc) is 2.67. The molecule has 0 aliphatic carbocycles. The number of rotatable bonds is 3. The fraction of sp³-hybridized carbons (Fsp3) is 0.231. The Kier molecular flexibility index (Phi) is 3.16. The van der Waals surface area contributed by atoms with Crippen molar-refractivity contribution in [3.05, 3.63) is 36.0 Å². The van der Waals surface area contributed by atoms with Crippen LogP contribution in [-0.2, 0) is 4.79 Å². The van der Waals surface area contributed by atoms with Crippen LogP contribution in [0.1, 0.15) is 29.7 Å². The van der Waals surface area contributed by atoms with Crippen LogP contribution in [-0.4, -0.2) is 16.4 Å². The minimum absolute atomic E-state index is 0.0614. The van der Waals surface area contributed by atoms with Gasteiger partial charge in [0.15, 0.2) is 0 Å². The molecule has 94 valence electrons. The van der Waals surface area contributed by atoms with E-state index in [4.69, 9.17) is 11.5 Å². The second kappa shape index (κ2) is 4.62. The summed E-state index contributed by atoms with van der Waals surface area (Å²) in [5.74, 6) is -0.550. The number of fused-ring (bicyclic) bond motifs is 1. The fourth-order valence-corrected chi connectivity index (χ4v) is 2.09. The van der Waals surface area contributed by atoms with Gasteiger partial charge in [-0.3, -0.25) is 14.2 Å². The van der Waals surface area contributed by atoms with E-state index in [2.05, 4.69) is 0 Å². The molecule has 5 nitrogen and oxygen atoms in total. The van der Waals surface area contributed by atoms with Gasteiger partial charge in [-0.1, -0.05) is 18.2 Å². The molecule has 18 heavy (non-hydrogen) atoms. The van der Waals surface area contributed by atoms with E-state index in [0.717, 1.165) is 16.5 Å². The summed E-state index contributed by atoms with van der Waals surface area (Å²) in [7, 11) is 0. The van der Waals surface area contributed by atoms with Crippen molar-refractivity contribution in [3.63, 3.8) is 0 Å². The molecule has 0 aliphatic rings. The lowest BCUT2D eigenvalue weighted by molar-refractivity contribution is -0.118. The van der Waals surface area contributed by atoms with Gasteiger partial charge in [-0.05, 0) is 11.6 Å². The van der Waals surface area contributed by atoms with Crippen molar-refractivity contribution in [1.82, 2.24) is 4.57 Å². The van der Waals surface area contributed by atoms with Crippen LogP contribution in [0.3, 0.4) is 0 Å².